The molecule has 30 heavy (non-hydrogen) atoms. The van der Waals surface area contributed by atoms with Crippen molar-refractivity contribution in [3.05, 3.63) is 90.0 Å². The molecule has 0 saturated heterocycles. The number of anilines is 1. The van der Waals surface area contributed by atoms with Gasteiger partial charge in [0.05, 0.1) is 28.9 Å². The number of nitrogens with zero attached hydrogens (tertiary/aromatic N) is 2. The number of amides is 1. The van der Waals surface area contributed by atoms with Crippen LogP contribution in [0, 0.1) is 12.7 Å². The lowest BCUT2D eigenvalue weighted by Gasteiger charge is -2.08. The summed E-state index contributed by atoms with van der Waals surface area (Å²) in [5.74, 6) is -0.873. The molecule has 0 aliphatic carbocycles. The smallest absolute Gasteiger partial charge is 0.259 e. The highest BCUT2D eigenvalue weighted by Gasteiger charge is 2.16. The van der Waals surface area contributed by atoms with Crippen molar-refractivity contribution >= 4 is 21.6 Å². The van der Waals surface area contributed by atoms with Crippen molar-refractivity contribution < 1.29 is 17.6 Å². The Labute approximate surface area is 174 Å². The van der Waals surface area contributed by atoms with Gasteiger partial charge in [-0.15, -0.1) is 6.58 Å². The number of hydrogen-bond acceptors (Lipinski definition) is 4. The van der Waals surface area contributed by atoms with Crippen LogP contribution in [-0.2, 0) is 15.8 Å². The highest BCUT2D eigenvalue weighted by molar-refractivity contribution is 7.88. The molecule has 0 aliphatic rings. The number of halogens is 1. The van der Waals surface area contributed by atoms with Crippen molar-refractivity contribution in [2.75, 3.05) is 11.9 Å². The molecule has 0 spiro atoms. The van der Waals surface area contributed by atoms with Crippen LogP contribution in [-0.4, -0.2) is 30.7 Å². The van der Waals surface area contributed by atoms with E-state index in [-0.39, 0.29) is 24.0 Å². The summed E-state index contributed by atoms with van der Waals surface area (Å²) in [7, 11) is -3.45. The maximum absolute atomic E-state index is 13.1. The molecule has 7 nitrogen and oxygen atoms in total. The molecule has 3 aromatic rings. The molecule has 156 valence electrons. The minimum absolute atomic E-state index is 0.168. The van der Waals surface area contributed by atoms with Crippen molar-refractivity contribution in [3.8, 4) is 5.69 Å². The highest BCUT2D eigenvalue weighted by atomic mass is 32.2. The summed E-state index contributed by atoms with van der Waals surface area (Å²) in [6.45, 7) is 5.39. The predicted molar refractivity (Wildman–Crippen MR) is 113 cm³/mol. The average molecular weight is 428 g/mol. The Hall–Kier alpha value is -3.30. The van der Waals surface area contributed by atoms with E-state index in [1.807, 2.05) is 0 Å². The third-order valence-electron chi connectivity index (χ3n) is 4.34. The Bertz CT molecular complexity index is 1150. The number of nitrogens with one attached hydrogen (secondary N) is 2. The fourth-order valence-electron chi connectivity index (χ4n) is 2.81. The van der Waals surface area contributed by atoms with Crippen molar-refractivity contribution in [1.82, 2.24) is 14.5 Å². The molecule has 0 radical (unpaired) electrons. The maximum Gasteiger partial charge on any atom is 0.259 e. The van der Waals surface area contributed by atoms with Gasteiger partial charge in [-0.3, -0.25) is 4.79 Å². The minimum atomic E-state index is -3.45. The van der Waals surface area contributed by atoms with E-state index in [4.69, 9.17) is 0 Å². The number of hydrogen-bond donors (Lipinski definition) is 2. The van der Waals surface area contributed by atoms with Crippen LogP contribution >= 0.6 is 0 Å². The monoisotopic (exact) mass is 428 g/mol. The zero-order chi connectivity index (χ0) is 21.7. The quantitative estimate of drug-likeness (QED) is 0.539. The Morgan fingerprint density at radius 2 is 1.83 bits per heavy atom. The third-order valence-corrected chi connectivity index (χ3v) is 5.66. The maximum atomic E-state index is 13.1. The molecular weight excluding hydrogens is 407 g/mol. The van der Waals surface area contributed by atoms with Crippen molar-refractivity contribution in [2.24, 2.45) is 0 Å². The van der Waals surface area contributed by atoms with Crippen LogP contribution in [0.5, 0.6) is 0 Å². The number of benzene rings is 2. The molecule has 2 aromatic carbocycles. The average Bonchev–Trinajstić information content (AvgIpc) is 3.10. The van der Waals surface area contributed by atoms with Crippen molar-refractivity contribution in [2.45, 2.75) is 12.7 Å². The van der Waals surface area contributed by atoms with E-state index in [0.717, 1.165) is 0 Å². The largest absolute Gasteiger partial charge is 0.322 e. The second-order valence-corrected chi connectivity index (χ2v) is 8.39. The van der Waals surface area contributed by atoms with Gasteiger partial charge in [-0.1, -0.05) is 18.2 Å². The summed E-state index contributed by atoms with van der Waals surface area (Å²) in [6.07, 6.45) is 2.91. The van der Waals surface area contributed by atoms with E-state index < -0.39 is 10.0 Å². The van der Waals surface area contributed by atoms with Gasteiger partial charge in [0.1, 0.15) is 5.82 Å². The first-order valence-corrected chi connectivity index (χ1v) is 10.7. The van der Waals surface area contributed by atoms with Crippen LogP contribution in [0.4, 0.5) is 10.1 Å². The van der Waals surface area contributed by atoms with Crippen LogP contribution in [0.2, 0.25) is 0 Å². The zero-order valence-electron chi connectivity index (χ0n) is 16.3. The third kappa shape index (κ3) is 5.19. The van der Waals surface area contributed by atoms with Gasteiger partial charge in [0.15, 0.2) is 0 Å². The van der Waals surface area contributed by atoms with Crippen LogP contribution in [0.3, 0.4) is 0 Å². The lowest BCUT2D eigenvalue weighted by atomic mass is 10.2. The fourth-order valence-corrected chi connectivity index (χ4v) is 3.92. The van der Waals surface area contributed by atoms with Gasteiger partial charge in [0, 0.05) is 12.2 Å². The first-order chi connectivity index (χ1) is 14.3. The summed E-state index contributed by atoms with van der Waals surface area (Å²) in [4.78, 5) is 12.6. The van der Waals surface area contributed by atoms with Gasteiger partial charge in [0.25, 0.3) is 5.91 Å². The zero-order valence-corrected chi connectivity index (χ0v) is 17.1. The molecule has 2 N–H and O–H groups in total. The van der Waals surface area contributed by atoms with Gasteiger partial charge in [-0.05, 0) is 48.9 Å². The molecule has 0 aliphatic heterocycles. The number of carbonyl (C=O) groups is 1. The summed E-state index contributed by atoms with van der Waals surface area (Å²) in [6, 6.07) is 12.3. The summed E-state index contributed by atoms with van der Waals surface area (Å²) in [5, 5.41) is 6.98. The lowest BCUT2D eigenvalue weighted by Crippen LogP contribution is -2.25. The second-order valence-electron chi connectivity index (χ2n) is 6.58. The van der Waals surface area contributed by atoms with Crippen molar-refractivity contribution in [3.63, 3.8) is 0 Å². The summed E-state index contributed by atoms with van der Waals surface area (Å²) in [5.41, 5.74) is 2.73. The van der Waals surface area contributed by atoms with E-state index in [2.05, 4.69) is 21.7 Å². The Morgan fingerprint density at radius 1 is 1.17 bits per heavy atom. The van der Waals surface area contributed by atoms with Gasteiger partial charge in [-0.2, -0.15) is 5.10 Å². The van der Waals surface area contributed by atoms with Crippen LogP contribution < -0.4 is 10.0 Å². The first kappa shape index (κ1) is 21.4. The summed E-state index contributed by atoms with van der Waals surface area (Å²) >= 11 is 0. The molecule has 0 atom stereocenters. The van der Waals surface area contributed by atoms with Gasteiger partial charge >= 0.3 is 0 Å². The van der Waals surface area contributed by atoms with Gasteiger partial charge in [0.2, 0.25) is 10.0 Å². The normalized spacial score (nSPS) is 11.3. The van der Waals surface area contributed by atoms with Crippen LogP contribution in [0.1, 0.15) is 21.6 Å². The molecular formula is C21H21FN4O3S. The van der Waals surface area contributed by atoms with E-state index in [0.29, 0.717) is 28.2 Å². The Kier molecular flexibility index (Phi) is 6.43. The van der Waals surface area contributed by atoms with E-state index in [9.17, 15) is 17.6 Å². The summed E-state index contributed by atoms with van der Waals surface area (Å²) < 4.78 is 40.9. The van der Waals surface area contributed by atoms with Crippen LogP contribution in [0.15, 0.2) is 67.4 Å². The second kappa shape index (κ2) is 9.02. The molecule has 0 fully saturated rings. The molecule has 0 unspecified atom stereocenters. The van der Waals surface area contributed by atoms with Crippen LogP contribution in [0.25, 0.3) is 5.69 Å². The van der Waals surface area contributed by atoms with E-state index >= 15 is 0 Å². The topological polar surface area (TPSA) is 93.1 Å². The molecule has 1 amide bonds. The predicted octanol–water partition coefficient (Wildman–Crippen LogP) is 3.18. The van der Waals surface area contributed by atoms with Gasteiger partial charge < -0.3 is 5.32 Å². The number of sulfonamides is 1. The lowest BCUT2D eigenvalue weighted by molar-refractivity contribution is 0.102. The molecule has 0 bridgehead atoms. The molecule has 1 heterocycles. The highest BCUT2D eigenvalue weighted by Crippen LogP contribution is 2.17. The van der Waals surface area contributed by atoms with Crippen molar-refractivity contribution in [1.29, 1.82) is 0 Å². The molecule has 9 heteroatoms. The number of rotatable bonds is 8. The Morgan fingerprint density at radius 3 is 2.47 bits per heavy atom. The Balaban J connectivity index is 1.69. The molecule has 0 saturated carbocycles. The fraction of sp³-hybridized carbons (Fsp3) is 0.143. The molecule has 3 rings (SSSR count). The first-order valence-electron chi connectivity index (χ1n) is 9.08. The standard InChI is InChI=1S/C21H21FN4O3S/c1-3-12-24-30(28,29)14-16-4-8-18(9-5-16)25-21(27)20-13-23-26(15(20)2)19-10-6-17(22)7-11-19/h3-11,13,24H,1,12,14H2,2H3,(H,25,27). The van der Waals surface area contributed by atoms with E-state index in [1.165, 1.54) is 24.4 Å². The van der Waals surface area contributed by atoms with E-state index in [1.54, 1.807) is 48.0 Å². The number of carbonyl (C=O) groups excluding carboxylic acids is 1. The SMILES string of the molecule is C=CCNS(=O)(=O)Cc1ccc(NC(=O)c2cnn(-c3ccc(F)cc3)c2C)cc1. The van der Waals surface area contributed by atoms with Gasteiger partial charge in [-0.25, -0.2) is 22.2 Å². The molecule has 1 aromatic heterocycles. The minimum Gasteiger partial charge on any atom is -0.322 e. The number of aromatic nitrogens is 2.